The highest BCUT2D eigenvalue weighted by Crippen LogP contribution is 2.34. The molecule has 0 unspecified atom stereocenters. The summed E-state index contributed by atoms with van der Waals surface area (Å²) in [4.78, 5) is 27.7. The number of nitro groups is 1. The first-order valence-electron chi connectivity index (χ1n) is 10.0. The van der Waals surface area contributed by atoms with Gasteiger partial charge in [0.05, 0.1) is 28.3 Å². The van der Waals surface area contributed by atoms with Crippen molar-refractivity contribution in [1.82, 2.24) is 14.6 Å². The molecule has 0 spiro atoms. The quantitative estimate of drug-likeness (QED) is 0.232. The highest BCUT2D eigenvalue weighted by Gasteiger charge is 2.36. The Balaban J connectivity index is 1.68. The highest BCUT2D eigenvalue weighted by molar-refractivity contribution is 9.10. The zero-order valence-corrected chi connectivity index (χ0v) is 20.0. The summed E-state index contributed by atoms with van der Waals surface area (Å²) in [5.74, 6) is 0.0352. The van der Waals surface area contributed by atoms with Crippen LogP contribution in [0.25, 0.3) is 5.65 Å². The summed E-state index contributed by atoms with van der Waals surface area (Å²) in [7, 11) is 1.49. The molecular formula is C22H15BrF3N5O5. The van der Waals surface area contributed by atoms with E-state index < -0.39 is 28.4 Å². The molecule has 1 amide bonds. The Morgan fingerprint density at radius 3 is 2.39 bits per heavy atom. The number of amides is 1. The van der Waals surface area contributed by atoms with Gasteiger partial charge in [0.1, 0.15) is 22.9 Å². The Labute approximate surface area is 208 Å². The smallest absolute Gasteiger partial charge is 0.433 e. The third kappa shape index (κ3) is 5.07. The van der Waals surface area contributed by atoms with Gasteiger partial charge in [-0.2, -0.15) is 18.3 Å². The Hall–Kier alpha value is -4.20. The van der Waals surface area contributed by atoms with E-state index in [1.54, 1.807) is 24.3 Å². The Kier molecular flexibility index (Phi) is 6.54. The number of benzene rings is 2. The zero-order chi connectivity index (χ0) is 26.2. The molecular weight excluding hydrogens is 551 g/mol. The summed E-state index contributed by atoms with van der Waals surface area (Å²) >= 11 is 3.09. The van der Waals surface area contributed by atoms with Gasteiger partial charge in [0.2, 0.25) is 0 Å². The lowest BCUT2D eigenvalue weighted by Crippen LogP contribution is -2.16. The van der Waals surface area contributed by atoms with Crippen LogP contribution in [0.3, 0.4) is 0 Å². The summed E-state index contributed by atoms with van der Waals surface area (Å²) in [5, 5.41) is 17.6. The molecule has 0 aliphatic carbocycles. The molecule has 2 heterocycles. The molecule has 0 fully saturated rings. The normalized spacial score (nSPS) is 11.4. The number of alkyl halides is 3. The van der Waals surface area contributed by atoms with E-state index in [0.717, 1.165) is 18.2 Å². The first kappa shape index (κ1) is 24.9. The summed E-state index contributed by atoms with van der Waals surface area (Å²) in [6.45, 7) is 1.38. The highest BCUT2D eigenvalue weighted by atomic mass is 79.9. The minimum atomic E-state index is -4.75. The maximum atomic E-state index is 13.5. The fraction of sp³-hybridized carbons (Fsp3) is 0.136. The standard InChI is InChI=1S/C22H15BrF3N5O5/c1-11-7-17(22(24,25)26)30-20(27-11)18(23)19(29-30)21(32)28-12-8-13(31(33)34)10-16(9-12)36-15-5-3-14(35-2)4-6-15/h3-10H,1-2H3,(H,28,32). The number of rotatable bonds is 6. The maximum Gasteiger partial charge on any atom is 0.433 e. The van der Waals surface area contributed by atoms with E-state index in [4.69, 9.17) is 9.47 Å². The number of halogens is 4. The number of methoxy groups -OCH3 is 1. The van der Waals surface area contributed by atoms with Crippen LogP contribution in [0.5, 0.6) is 17.2 Å². The van der Waals surface area contributed by atoms with Crippen molar-refractivity contribution in [2.24, 2.45) is 0 Å². The van der Waals surface area contributed by atoms with E-state index in [9.17, 15) is 28.1 Å². The van der Waals surface area contributed by atoms with Crippen LogP contribution in [-0.4, -0.2) is 32.5 Å². The monoisotopic (exact) mass is 565 g/mol. The number of carbonyl (C=O) groups is 1. The molecule has 0 radical (unpaired) electrons. The van der Waals surface area contributed by atoms with Gasteiger partial charge in [-0.05, 0) is 53.2 Å². The number of hydrogen-bond donors (Lipinski definition) is 1. The van der Waals surface area contributed by atoms with Crippen LogP contribution in [0.15, 0.2) is 53.0 Å². The summed E-state index contributed by atoms with van der Waals surface area (Å²) in [6.07, 6.45) is -4.75. The number of ether oxygens (including phenoxy) is 2. The van der Waals surface area contributed by atoms with E-state index in [0.29, 0.717) is 16.0 Å². The van der Waals surface area contributed by atoms with Crippen LogP contribution in [-0.2, 0) is 6.18 Å². The van der Waals surface area contributed by atoms with Gasteiger partial charge < -0.3 is 14.8 Å². The molecule has 0 aliphatic rings. The van der Waals surface area contributed by atoms with Gasteiger partial charge in [0.25, 0.3) is 11.6 Å². The van der Waals surface area contributed by atoms with E-state index in [1.165, 1.54) is 20.1 Å². The number of aryl methyl sites for hydroxylation is 1. The number of nitrogens with zero attached hydrogens (tertiary/aromatic N) is 4. The average Bonchev–Trinajstić information content (AvgIpc) is 3.14. The van der Waals surface area contributed by atoms with Crippen LogP contribution in [0.2, 0.25) is 0 Å². The molecule has 186 valence electrons. The lowest BCUT2D eigenvalue weighted by atomic mass is 10.2. The number of nitro benzene ring substituents is 1. The van der Waals surface area contributed by atoms with Crippen LogP contribution < -0.4 is 14.8 Å². The molecule has 0 aliphatic heterocycles. The Morgan fingerprint density at radius 2 is 1.78 bits per heavy atom. The van der Waals surface area contributed by atoms with Crippen molar-refractivity contribution >= 4 is 38.9 Å². The Morgan fingerprint density at radius 1 is 1.11 bits per heavy atom. The second kappa shape index (κ2) is 9.45. The molecule has 0 saturated carbocycles. The van der Waals surface area contributed by atoms with Gasteiger partial charge in [-0.3, -0.25) is 14.9 Å². The van der Waals surface area contributed by atoms with Gasteiger partial charge in [-0.15, -0.1) is 0 Å². The van der Waals surface area contributed by atoms with Crippen molar-refractivity contribution in [2.75, 3.05) is 12.4 Å². The van der Waals surface area contributed by atoms with E-state index in [-0.39, 0.29) is 32.9 Å². The van der Waals surface area contributed by atoms with E-state index in [2.05, 4.69) is 31.3 Å². The predicted octanol–water partition coefficient (Wildman–Crippen LogP) is 5.78. The van der Waals surface area contributed by atoms with Gasteiger partial charge in [0, 0.05) is 17.8 Å². The first-order chi connectivity index (χ1) is 17.0. The molecule has 4 rings (SSSR count). The van der Waals surface area contributed by atoms with Crippen molar-refractivity contribution in [3.63, 3.8) is 0 Å². The van der Waals surface area contributed by atoms with E-state index in [1.807, 2.05) is 0 Å². The molecule has 2 aromatic heterocycles. The average molecular weight is 566 g/mol. The minimum absolute atomic E-state index is 0.0374. The fourth-order valence-corrected chi connectivity index (χ4v) is 3.77. The third-order valence-corrected chi connectivity index (χ3v) is 5.55. The number of anilines is 1. The van der Waals surface area contributed by atoms with Crippen LogP contribution in [0.1, 0.15) is 21.9 Å². The lowest BCUT2D eigenvalue weighted by molar-refractivity contribution is -0.384. The third-order valence-electron chi connectivity index (χ3n) is 4.82. The molecule has 1 N–H and O–H groups in total. The summed E-state index contributed by atoms with van der Waals surface area (Å²) in [5.41, 5.74) is -2.08. The van der Waals surface area contributed by atoms with Crippen molar-refractivity contribution in [3.05, 3.63) is 80.2 Å². The van der Waals surface area contributed by atoms with Crippen LogP contribution in [0, 0.1) is 17.0 Å². The van der Waals surface area contributed by atoms with Crippen LogP contribution in [0.4, 0.5) is 24.5 Å². The van der Waals surface area contributed by atoms with Gasteiger partial charge >= 0.3 is 6.18 Å². The Bertz CT molecular complexity index is 1490. The topological polar surface area (TPSA) is 121 Å². The van der Waals surface area contributed by atoms with Gasteiger partial charge in [-0.25, -0.2) is 9.50 Å². The number of hydrogen-bond acceptors (Lipinski definition) is 7. The predicted molar refractivity (Wildman–Crippen MR) is 125 cm³/mol. The number of carbonyl (C=O) groups excluding carboxylic acids is 1. The van der Waals surface area contributed by atoms with Gasteiger partial charge in [-0.1, -0.05) is 0 Å². The molecule has 14 heteroatoms. The first-order valence-corrected chi connectivity index (χ1v) is 10.8. The van der Waals surface area contributed by atoms with E-state index >= 15 is 0 Å². The van der Waals surface area contributed by atoms with Crippen molar-refractivity contribution in [3.8, 4) is 17.2 Å². The second-order valence-electron chi connectivity index (χ2n) is 7.38. The lowest BCUT2D eigenvalue weighted by Gasteiger charge is -2.10. The largest absolute Gasteiger partial charge is 0.497 e. The zero-order valence-electron chi connectivity index (χ0n) is 18.5. The number of non-ortho nitro benzene ring substituents is 1. The van der Waals surface area contributed by atoms with Crippen molar-refractivity contribution in [1.29, 1.82) is 0 Å². The minimum Gasteiger partial charge on any atom is -0.497 e. The number of aromatic nitrogens is 3. The van der Waals surface area contributed by atoms with Crippen molar-refractivity contribution in [2.45, 2.75) is 13.1 Å². The molecule has 0 atom stereocenters. The SMILES string of the molecule is COc1ccc(Oc2cc(NC(=O)c3nn4c(C(F)(F)F)cc(C)nc4c3Br)cc([N+](=O)[O-])c2)cc1. The summed E-state index contributed by atoms with van der Waals surface area (Å²) < 4.78 is 51.6. The molecule has 0 saturated heterocycles. The maximum absolute atomic E-state index is 13.5. The fourth-order valence-electron chi connectivity index (χ4n) is 3.25. The number of nitrogens with one attached hydrogen (secondary N) is 1. The molecule has 0 bridgehead atoms. The van der Waals surface area contributed by atoms with Crippen molar-refractivity contribution < 1.29 is 32.4 Å². The molecule has 4 aromatic rings. The summed E-state index contributed by atoms with van der Waals surface area (Å²) in [6, 6.07) is 10.8. The van der Waals surface area contributed by atoms with Crippen LogP contribution >= 0.6 is 15.9 Å². The number of fused-ring (bicyclic) bond motifs is 1. The molecule has 2 aromatic carbocycles. The molecule has 10 nitrogen and oxygen atoms in total. The second-order valence-corrected chi connectivity index (χ2v) is 8.18. The van der Waals surface area contributed by atoms with Gasteiger partial charge in [0.15, 0.2) is 11.3 Å². The molecule has 36 heavy (non-hydrogen) atoms.